The molecule has 0 saturated carbocycles. The minimum Gasteiger partial charge on any atom is -0.383 e. The molecule has 0 aliphatic rings. The third-order valence-corrected chi connectivity index (χ3v) is 4.09. The smallest absolute Gasteiger partial charge is 0.230 e. The van der Waals surface area contributed by atoms with Crippen LogP contribution in [0.5, 0.6) is 0 Å². The van der Waals surface area contributed by atoms with Crippen molar-refractivity contribution in [3.05, 3.63) is 37.2 Å². The van der Waals surface area contributed by atoms with E-state index in [4.69, 9.17) is 4.74 Å². The molecule has 128 valence electrons. The van der Waals surface area contributed by atoms with Crippen molar-refractivity contribution in [2.24, 2.45) is 0 Å². The van der Waals surface area contributed by atoms with Crippen LogP contribution in [-0.4, -0.2) is 51.2 Å². The summed E-state index contributed by atoms with van der Waals surface area (Å²) in [5, 5.41) is 12.0. The number of ether oxygens (including phenoxy) is 1. The fourth-order valence-electron chi connectivity index (χ4n) is 2.14. The number of aromatic nitrogens is 4. The van der Waals surface area contributed by atoms with Crippen molar-refractivity contribution in [3.63, 3.8) is 0 Å². The van der Waals surface area contributed by atoms with Gasteiger partial charge in [0.2, 0.25) is 5.91 Å². The van der Waals surface area contributed by atoms with Crippen LogP contribution in [0.1, 0.15) is 6.92 Å². The zero-order valence-electron chi connectivity index (χ0n) is 13.8. The van der Waals surface area contributed by atoms with Crippen LogP contribution in [0.2, 0.25) is 0 Å². The van der Waals surface area contributed by atoms with E-state index in [0.29, 0.717) is 18.3 Å². The summed E-state index contributed by atoms with van der Waals surface area (Å²) in [4.78, 5) is 16.0. The molecule has 2 aromatic heterocycles. The van der Waals surface area contributed by atoms with Gasteiger partial charge in [-0.15, -0.1) is 16.8 Å². The summed E-state index contributed by atoms with van der Waals surface area (Å²) in [6.07, 6.45) is 5.19. The molecule has 0 fully saturated rings. The number of methoxy groups -OCH3 is 1. The average Bonchev–Trinajstić information content (AvgIpc) is 2.97. The predicted molar refractivity (Wildman–Crippen MR) is 93.7 cm³/mol. The Hall–Kier alpha value is -2.19. The number of carbonyl (C=O) groups excluding carboxylic acids is 1. The maximum atomic E-state index is 12.0. The number of allylic oxidation sites excluding steroid dienone is 1. The summed E-state index contributed by atoms with van der Waals surface area (Å²) in [5.41, 5.74) is 0.921. The lowest BCUT2D eigenvalue weighted by Gasteiger charge is -2.12. The largest absolute Gasteiger partial charge is 0.383 e. The standard InChI is InChI=1S/C16H21N5O2S/c1-4-9-21-15(13-5-7-17-8-6-13)19-20-16(21)24-11-14(22)18-12(2)10-23-3/h4-8,12H,1,9-11H2,2-3H3,(H,18,22). The lowest BCUT2D eigenvalue weighted by atomic mass is 10.2. The van der Waals surface area contributed by atoms with Gasteiger partial charge in [0.05, 0.1) is 12.4 Å². The molecule has 0 aliphatic carbocycles. The van der Waals surface area contributed by atoms with Gasteiger partial charge in [-0.25, -0.2) is 0 Å². The van der Waals surface area contributed by atoms with Crippen molar-refractivity contribution in [2.75, 3.05) is 19.5 Å². The minimum absolute atomic E-state index is 0.0264. The number of rotatable bonds is 9. The van der Waals surface area contributed by atoms with E-state index < -0.39 is 0 Å². The predicted octanol–water partition coefficient (Wildman–Crippen LogP) is 1.77. The number of hydrogen-bond acceptors (Lipinski definition) is 6. The van der Waals surface area contributed by atoms with Gasteiger partial charge >= 0.3 is 0 Å². The molecule has 2 aromatic rings. The van der Waals surface area contributed by atoms with Gasteiger partial charge in [0.25, 0.3) is 0 Å². The van der Waals surface area contributed by atoms with Gasteiger partial charge in [0.1, 0.15) is 0 Å². The van der Waals surface area contributed by atoms with Crippen molar-refractivity contribution in [3.8, 4) is 11.4 Å². The molecule has 0 saturated heterocycles. The van der Waals surface area contributed by atoms with E-state index >= 15 is 0 Å². The number of nitrogens with zero attached hydrogens (tertiary/aromatic N) is 4. The summed E-state index contributed by atoms with van der Waals surface area (Å²) in [6, 6.07) is 3.72. The molecule has 24 heavy (non-hydrogen) atoms. The van der Waals surface area contributed by atoms with Crippen LogP contribution in [0.4, 0.5) is 0 Å². The number of thioether (sulfide) groups is 1. The highest BCUT2D eigenvalue weighted by Crippen LogP contribution is 2.23. The van der Waals surface area contributed by atoms with E-state index in [1.807, 2.05) is 23.6 Å². The number of nitrogens with one attached hydrogen (secondary N) is 1. The quantitative estimate of drug-likeness (QED) is 0.550. The first-order chi connectivity index (χ1) is 11.7. The Bertz CT molecular complexity index is 674. The molecule has 1 N–H and O–H groups in total. The summed E-state index contributed by atoms with van der Waals surface area (Å²) < 4.78 is 6.94. The number of hydrogen-bond donors (Lipinski definition) is 1. The molecule has 0 spiro atoms. The maximum absolute atomic E-state index is 12.0. The average molecular weight is 347 g/mol. The van der Waals surface area contributed by atoms with Crippen molar-refractivity contribution in [2.45, 2.75) is 24.7 Å². The van der Waals surface area contributed by atoms with Gasteiger partial charge in [0.15, 0.2) is 11.0 Å². The van der Waals surface area contributed by atoms with Crippen molar-refractivity contribution in [1.82, 2.24) is 25.1 Å². The Morgan fingerprint density at radius 1 is 1.46 bits per heavy atom. The molecule has 2 rings (SSSR count). The van der Waals surface area contributed by atoms with Crippen LogP contribution >= 0.6 is 11.8 Å². The topological polar surface area (TPSA) is 81.9 Å². The van der Waals surface area contributed by atoms with Crippen molar-refractivity contribution < 1.29 is 9.53 Å². The first-order valence-electron chi connectivity index (χ1n) is 7.51. The van der Waals surface area contributed by atoms with E-state index in [0.717, 1.165) is 11.4 Å². The molecule has 0 bridgehead atoms. The molecule has 7 nitrogen and oxygen atoms in total. The summed E-state index contributed by atoms with van der Waals surface area (Å²) in [5.74, 6) is 0.927. The van der Waals surface area contributed by atoms with Crippen LogP contribution in [-0.2, 0) is 16.1 Å². The van der Waals surface area contributed by atoms with E-state index in [-0.39, 0.29) is 17.7 Å². The molecule has 0 aliphatic heterocycles. The van der Waals surface area contributed by atoms with Gasteiger partial charge in [-0.05, 0) is 19.1 Å². The first kappa shape index (κ1) is 18.2. The number of pyridine rings is 1. The fraction of sp³-hybridized carbons (Fsp3) is 0.375. The molecule has 1 atom stereocenters. The Kier molecular flexibility index (Phi) is 6.95. The second-order valence-electron chi connectivity index (χ2n) is 5.15. The first-order valence-corrected chi connectivity index (χ1v) is 8.49. The lowest BCUT2D eigenvalue weighted by molar-refractivity contribution is -0.119. The van der Waals surface area contributed by atoms with Crippen LogP contribution < -0.4 is 5.32 Å². The Morgan fingerprint density at radius 3 is 2.88 bits per heavy atom. The molecular formula is C16H21N5O2S. The third kappa shape index (κ3) is 4.90. The number of carbonyl (C=O) groups is 1. The van der Waals surface area contributed by atoms with Crippen LogP contribution in [0.25, 0.3) is 11.4 Å². The molecule has 0 radical (unpaired) electrons. The highest BCUT2D eigenvalue weighted by molar-refractivity contribution is 7.99. The summed E-state index contributed by atoms with van der Waals surface area (Å²) in [7, 11) is 1.61. The van der Waals surface area contributed by atoms with E-state index in [9.17, 15) is 4.79 Å². The normalized spacial score (nSPS) is 11.9. The SMILES string of the molecule is C=CCn1c(SCC(=O)NC(C)COC)nnc1-c1ccncc1. The van der Waals surface area contributed by atoms with E-state index in [1.165, 1.54) is 11.8 Å². The van der Waals surface area contributed by atoms with Crippen LogP contribution in [0.15, 0.2) is 42.3 Å². The van der Waals surface area contributed by atoms with E-state index in [1.54, 1.807) is 25.6 Å². The molecule has 2 heterocycles. The lowest BCUT2D eigenvalue weighted by Crippen LogP contribution is -2.36. The van der Waals surface area contributed by atoms with Crippen molar-refractivity contribution >= 4 is 17.7 Å². The van der Waals surface area contributed by atoms with Gasteiger partial charge < -0.3 is 10.1 Å². The second-order valence-corrected chi connectivity index (χ2v) is 6.10. The van der Waals surface area contributed by atoms with Gasteiger partial charge in [0, 0.05) is 37.7 Å². The summed E-state index contributed by atoms with van der Waals surface area (Å²) >= 11 is 1.34. The number of amides is 1. The minimum atomic E-state index is -0.0665. The summed E-state index contributed by atoms with van der Waals surface area (Å²) in [6.45, 7) is 6.72. The highest BCUT2D eigenvalue weighted by atomic mass is 32.2. The second kappa shape index (κ2) is 9.19. The molecule has 8 heteroatoms. The molecule has 1 unspecified atom stereocenters. The van der Waals surface area contributed by atoms with Gasteiger partial charge in [-0.3, -0.25) is 14.3 Å². The van der Waals surface area contributed by atoms with Crippen molar-refractivity contribution in [1.29, 1.82) is 0 Å². The Labute approximate surface area is 145 Å². The molecular weight excluding hydrogens is 326 g/mol. The molecule has 0 aromatic carbocycles. The van der Waals surface area contributed by atoms with Crippen LogP contribution in [0.3, 0.4) is 0 Å². The highest BCUT2D eigenvalue weighted by Gasteiger charge is 2.15. The third-order valence-electron chi connectivity index (χ3n) is 3.12. The maximum Gasteiger partial charge on any atom is 0.230 e. The van der Waals surface area contributed by atoms with Crippen LogP contribution in [0, 0.1) is 0 Å². The fourth-order valence-corrected chi connectivity index (χ4v) is 2.90. The Morgan fingerprint density at radius 2 is 2.21 bits per heavy atom. The van der Waals surface area contributed by atoms with Gasteiger partial charge in [-0.1, -0.05) is 17.8 Å². The van der Waals surface area contributed by atoms with Gasteiger partial charge in [-0.2, -0.15) is 0 Å². The monoisotopic (exact) mass is 347 g/mol. The zero-order valence-corrected chi connectivity index (χ0v) is 14.6. The van der Waals surface area contributed by atoms with E-state index in [2.05, 4.69) is 27.1 Å². The zero-order chi connectivity index (χ0) is 17.4. The molecule has 1 amide bonds. The Balaban J connectivity index is 2.06.